The van der Waals surface area contributed by atoms with Gasteiger partial charge in [0.05, 0.1) is 0 Å². The van der Waals surface area contributed by atoms with Crippen LogP contribution >= 0.6 is 23.2 Å². The summed E-state index contributed by atoms with van der Waals surface area (Å²) in [5.41, 5.74) is 7.82. The number of rotatable bonds is 4. The van der Waals surface area contributed by atoms with Crippen molar-refractivity contribution < 1.29 is 0 Å². The van der Waals surface area contributed by atoms with Gasteiger partial charge in [0.2, 0.25) is 0 Å². The first-order valence-corrected chi connectivity index (χ1v) is 5.68. The summed E-state index contributed by atoms with van der Waals surface area (Å²) in [4.78, 5) is 0. The van der Waals surface area contributed by atoms with E-state index in [9.17, 15) is 0 Å². The Balaban J connectivity index is 2.72. The van der Waals surface area contributed by atoms with Gasteiger partial charge >= 0.3 is 0 Å². The predicted molar refractivity (Wildman–Crippen MR) is 67.6 cm³/mol. The summed E-state index contributed by atoms with van der Waals surface area (Å²) in [6.45, 7) is 2.77. The summed E-state index contributed by atoms with van der Waals surface area (Å²) in [5, 5.41) is 1.40. The first-order valence-electron chi connectivity index (χ1n) is 4.93. The first-order chi connectivity index (χ1) is 7.13. The van der Waals surface area contributed by atoms with Crippen molar-refractivity contribution in [3.63, 3.8) is 0 Å². The van der Waals surface area contributed by atoms with Crippen LogP contribution in [0.15, 0.2) is 29.8 Å². The second kappa shape index (κ2) is 6.16. The van der Waals surface area contributed by atoms with E-state index in [1.807, 2.05) is 12.1 Å². The lowest BCUT2D eigenvalue weighted by molar-refractivity contribution is 0.981. The van der Waals surface area contributed by atoms with Crippen LogP contribution in [0.4, 0.5) is 0 Å². The molecule has 1 rings (SSSR count). The quantitative estimate of drug-likeness (QED) is 0.800. The minimum Gasteiger partial charge on any atom is -0.330 e. The van der Waals surface area contributed by atoms with Crippen LogP contribution in [0, 0.1) is 0 Å². The third-order valence-corrected chi connectivity index (χ3v) is 2.73. The Kier molecular flexibility index (Phi) is 5.16. The molecule has 3 heteroatoms. The number of allylic oxidation sites excluding steroid dienone is 1. The summed E-state index contributed by atoms with van der Waals surface area (Å²) < 4.78 is 0. The molecule has 15 heavy (non-hydrogen) atoms. The molecule has 0 saturated heterocycles. The minimum absolute atomic E-state index is 0.673. The Morgan fingerprint density at radius 1 is 1.40 bits per heavy atom. The monoisotopic (exact) mass is 243 g/mol. The van der Waals surface area contributed by atoms with Gasteiger partial charge < -0.3 is 5.73 Å². The second-order valence-electron chi connectivity index (χ2n) is 3.54. The minimum atomic E-state index is 0.673. The van der Waals surface area contributed by atoms with E-state index in [2.05, 4.69) is 13.0 Å². The van der Waals surface area contributed by atoms with Gasteiger partial charge in [0.15, 0.2) is 0 Å². The number of hydrogen-bond donors (Lipinski definition) is 1. The highest BCUT2D eigenvalue weighted by Gasteiger charge is 2.01. The average Bonchev–Trinajstić information content (AvgIpc) is 2.19. The molecule has 0 unspecified atom stereocenters. The molecular formula is C12H15Cl2N. The lowest BCUT2D eigenvalue weighted by Gasteiger charge is -2.05. The molecule has 0 aliphatic rings. The smallest absolute Gasteiger partial charge is 0.0456 e. The largest absolute Gasteiger partial charge is 0.330 e. The van der Waals surface area contributed by atoms with Crippen LogP contribution in [0.5, 0.6) is 0 Å². The van der Waals surface area contributed by atoms with Crippen LogP contribution in [0.25, 0.3) is 0 Å². The Bertz CT molecular complexity index is 359. The normalized spacial score (nSPS) is 11.9. The van der Waals surface area contributed by atoms with E-state index in [4.69, 9.17) is 28.9 Å². The fourth-order valence-electron chi connectivity index (χ4n) is 1.37. The second-order valence-corrected chi connectivity index (χ2v) is 4.38. The number of hydrogen-bond acceptors (Lipinski definition) is 1. The van der Waals surface area contributed by atoms with Crippen molar-refractivity contribution in [3.05, 3.63) is 45.5 Å². The molecule has 0 aliphatic carbocycles. The fourth-order valence-corrected chi connectivity index (χ4v) is 1.84. The lowest BCUT2D eigenvalue weighted by Crippen LogP contribution is -1.97. The zero-order chi connectivity index (χ0) is 11.3. The van der Waals surface area contributed by atoms with Crippen LogP contribution in [0.3, 0.4) is 0 Å². The molecule has 1 nitrogen and oxygen atoms in total. The highest BCUT2D eigenvalue weighted by Crippen LogP contribution is 2.23. The van der Waals surface area contributed by atoms with Gasteiger partial charge in [0.25, 0.3) is 0 Å². The molecule has 0 saturated carbocycles. The third-order valence-electron chi connectivity index (χ3n) is 2.14. The van der Waals surface area contributed by atoms with Gasteiger partial charge in [-0.1, -0.05) is 40.9 Å². The van der Waals surface area contributed by atoms with Gasteiger partial charge in [-0.15, -0.1) is 0 Å². The summed E-state index contributed by atoms with van der Waals surface area (Å²) in [6.07, 6.45) is 3.91. The highest BCUT2D eigenvalue weighted by molar-refractivity contribution is 6.35. The Morgan fingerprint density at radius 3 is 2.73 bits per heavy atom. The Labute approximate surface area is 101 Å². The van der Waals surface area contributed by atoms with Crippen molar-refractivity contribution in [1.82, 2.24) is 0 Å². The summed E-state index contributed by atoms with van der Waals surface area (Å²) >= 11 is 11.9. The maximum absolute atomic E-state index is 6.07. The summed E-state index contributed by atoms with van der Waals surface area (Å²) in [6, 6.07) is 5.60. The maximum atomic E-state index is 6.07. The molecule has 0 bridgehead atoms. The average molecular weight is 244 g/mol. The van der Waals surface area contributed by atoms with Gasteiger partial charge in [-0.25, -0.2) is 0 Å². The van der Waals surface area contributed by atoms with E-state index in [0.29, 0.717) is 11.6 Å². The van der Waals surface area contributed by atoms with Crippen molar-refractivity contribution >= 4 is 23.2 Å². The third kappa shape index (κ3) is 4.25. The number of halogens is 2. The van der Waals surface area contributed by atoms with Crippen LogP contribution in [0.1, 0.15) is 18.9 Å². The highest BCUT2D eigenvalue weighted by atomic mass is 35.5. The zero-order valence-corrected chi connectivity index (χ0v) is 10.3. The topological polar surface area (TPSA) is 26.0 Å². The van der Waals surface area contributed by atoms with Gasteiger partial charge in [0, 0.05) is 10.0 Å². The van der Waals surface area contributed by atoms with Crippen LogP contribution in [0.2, 0.25) is 10.0 Å². The summed E-state index contributed by atoms with van der Waals surface area (Å²) in [5.74, 6) is 0. The standard InChI is InChI=1S/C12H15Cl2N/c1-9(3-2-6-15)7-10-4-5-11(13)8-12(10)14/h3-5,8H,2,6-7,15H2,1H3. The predicted octanol–water partition coefficient (Wildman–Crippen LogP) is 3.83. The fraction of sp³-hybridized carbons (Fsp3) is 0.333. The first kappa shape index (κ1) is 12.6. The molecule has 0 spiro atoms. The van der Waals surface area contributed by atoms with Crippen LogP contribution < -0.4 is 5.73 Å². The van der Waals surface area contributed by atoms with Crippen LogP contribution in [-0.2, 0) is 6.42 Å². The van der Waals surface area contributed by atoms with Crippen molar-refractivity contribution in [2.45, 2.75) is 19.8 Å². The van der Waals surface area contributed by atoms with E-state index in [0.717, 1.165) is 23.4 Å². The van der Waals surface area contributed by atoms with E-state index in [1.165, 1.54) is 5.57 Å². The molecule has 0 amide bonds. The molecule has 1 aromatic carbocycles. The van der Waals surface area contributed by atoms with Gasteiger partial charge in [-0.3, -0.25) is 0 Å². The van der Waals surface area contributed by atoms with Crippen molar-refractivity contribution in [2.75, 3.05) is 6.54 Å². The van der Waals surface area contributed by atoms with Crippen molar-refractivity contribution in [2.24, 2.45) is 5.73 Å². The van der Waals surface area contributed by atoms with Crippen LogP contribution in [-0.4, -0.2) is 6.54 Å². The number of nitrogens with two attached hydrogens (primary N) is 1. The van der Waals surface area contributed by atoms with E-state index < -0.39 is 0 Å². The van der Waals surface area contributed by atoms with Gasteiger partial charge in [0.1, 0.15) is 0 Å². The molecule has 0 aliphatic heterocycles. The molecular weight excluding hydrogens is 229 g/mol. The molecule has 82 valence electrons. The van der Waals surface area contributed by atoms with Crippen molar-refractivity contribution in [3.8, 4) is 0 Å². The molecule has 0 fully saturated rings. The molecule has 0 aromatic heterocycles. The van der Waals surface area contributed by atoms with Gasteiger partial charge in [-0.2, -0.15) is 0 Å². The van der Waals surface area contributed by atoms with Gasteiger partial charge in [-0.05, 0) is 44.0 Å². The van der Waals surface area contributed by atoms with E-state index in [1.54, 1.807) is 6.07 Å². The lowest BCUT2D eigenvalue weighted by atomic mass is 10.1. The number of benzene rings is 1. The Morgan fingerprint density at radius 2 is 2.13 bits per heavy atom. The SMILES string of the molecule is CC(=CCCN)Cc1ccc(Cl)cc1Cl. The molecule has 2 N–H and O–H groups in total. The Hall–Kier alpha value is -0.500. The molecule has 0 radical (unpaired) electrons. The molecule has 1 aromatic rings. The summed E-state index contributed by atoms with van der Waals surface area (Å²) in [7, 11) is 0. The van der Waals surface area contributed by atoms with Crippen molar-refractivity contribution in [1.29, 1.82) is 0 Å². The van der Waals surface area contributed by atoms with E-state index >= 15 is 0 Å². The maximum Gasteiger partial charge on any atom is 0.0456 e. The van der Waals surface area contributed by atoms with E-state index in [-0.39, 0.29) is 0 Å². The molecule has 0 heterocycles. The molecule has 0 atom stereocenters. The zero-order valence-electron chi connectivity index (χ0n) is 8.76.